The molecule has 0 saturated carbocycles. The van der Waals surface area contributed by atoms with E-state index < -0.39 is 0 Å². The van der Waals surface area contributed by atoms with Gasteiger partial charge in [-0.2, -0.15) is 0 Å². The summed E-state index contributed by atoms with van der Waals surface area (Å²) in [4.78, 5) is 0. The van der Waals surface area contributed by atoms with E-state index in [-0.39, 0.29) is 12.6 Å². The monoisotopic (exact) mass is 297 g/mol. The predicted molar refractivity (Wildman–Crippen MR) is 58.2 cm³/mol. The van der Waals surface area contributed by atoms with E-state index in [0.29, 0.717) is 5.02 Å². The summed E-state index contributed by atoms with van der Waals surface area (Å²) in [6.45, 7) is -0.0440. The van der Waals surface area contributed by atoms with Crippen molar-refractivity contribution in [2.75, 3.05) is 6.61 Å². The van der Waals surface area contributed by atoms with Crippen LogP contribution in [-0.2, 0) is 0 Å². The normalized spacial score (nSPS) is 13.0. The third-order valence-electron chi connectivity index (χ3n) is 1.56. The van der Waals surface area contributed by atoms with Crippen molar-refractivity contribution in [1.82, 2.24) is 0 Å². The maximum Gasteiger partial charge on any atom is 0.0624 e. The van der Waals surface area contributed by atoms with Crippen LogP contribution in [0.3, 0.4) is 0 Å². The fourth-order valence-electron chi connectivity index (χ4n) is 0.901. The summed E-state index contributed by atoms with van der Waals surface area (Å²) in [7, 11) is 0. The van der Waals surface area contributed by atoms with E-state index in [4.69, 9.17) is 22.4 Å². The van der Waals surface area contributed by atoms with Gasteiger partial charge < -0.3 is 10.8 Å². The summed E-state index contributed by atoms with van der Waals surface area (Å²) < 4.78 is 0.988. The Bertz CT molecular complexity index is 280. The SMILES string of the molecule is N[C@H](CO)c1ccc(Cl)cc1I. The average molecular weight is 298 g/mol. The summed E-state index contributed by atoms with van der Waals surface area (Å²) in [6, 6.07) is 5.13. The molecule has 1 rings (SSSR count). The van der Waals surface area contributed by atoms with Crippen molar-refractivity contribution in [2.45, 2.75) is 6.04 Å². The highest BCUT2D eigenvalue weighted by Crippen LogP contribution is 2.21. The van der Waals surface area contributed by atoms with Gasteiger partial charge in [0.2, 0.25) is 0 Å². The van der Waals surface area contributed by atoms with Crippen LogP contribution < -0.4 is 5.73 Å². The Morgan fingerprint density at radius 1 is 1.58 bits per heavy atom. The van der Waals surface area contributed by atoms with E-state index in [1.54, 1.807) is 6.07 Å². The van der Waals surface area contributed by atoms with E-state index in [1.807, 2.05) is 12.1 Å². The minimum Gasteiger partial charge on any atom is -0.394 e. The van der Waals surface area contributed by atoms with Gasteiger partial charge >= 0.3 is 0 Å². The van der Waals surface area contributed by atoms with Gasteiger partial charge in [0, 0.05) is 8.59 Å². The molecule has 0 spiro atoms. The van der Waals surface area contributed by atoms with E-state index in [9.17, 15) is 0 Å². The Kier molecular flexibility index (Phi) is 3.77. The number of aliphatic hydroxyl groups excluding tert-OH is 1. The van der Waals surface area contributed by atoms with Gasteiger partial charge in [-0.15, -0.1) is 0 Å². The molecule has 0 bridgehead atoms. The maximum absolute atomic E-state index is 8.82. The first kappa shape index (κ1) is 10.2. The molecular weight excluding hydrogens is 288 g/mol. The summed E-state index contributed by atoms with van der Waals surface area (Å²) >= 11 is 7.91. The molecule has 12 heavy (non-hydrogen) atoms. The largest absolute Gasteiger partial charge is 0.394 e. The van der Waals surface area contributed by atoms with Gasteiger partial charge in [-0.25, -0.2) is 0 Å². The number of rotatable bonds is 2. The molecule has 1 aromatic rings. The van der Waals surface area contributed by atoms with Crippen LogP contribution in [0, 0.1) is 3.57 Å². The molecule has 3 N–H and O–H groups in total. The second-order valence-electron chi connectivity index (χ2n) is 2.45. The van der Waals surface area contributed by atoms with Crippen LogP contribution in [0.2, 0.25) is 5.02 Å². The van der Waals surface area contributed by atoms with Crippen LogP contribution in [0.5, 0.6) is 0 Å². The standard InChI is InChI=1S/C8H9ClINO/c9-5-1-2-6(7(10)3-5)8(11)4-12/h1-3,8,12H,4,11H2/t8-/m1/s1. The third-order valence-corrected chi connectivity index (χ3v) is 2.73. The zero-order chi connectivity index (χ0) is 9.14. The predicted octanol–water partition coefficient (Wildman–Crippen LogP) is 1.94. The van der Waals surface area contributed by atoms with Gasteiger partial charge in [0.25, 0.3) is 0 Å². The first-order valence-corrected chi connectivity index (χ1v) is 4.92. The minimum atomic E-state index is -0.311. The second-order valence-corrected chi connectivity index (χ2v) is 4.05. The minimum absolute atomic E-state index is 0.0440. The van der Waals surface area contributed by atoms with Crippen molar-refractivity contribution >= 4 is 34.2 Å². The first-order valence-electron chi connectivity index (χ1n) is 3.46. The Hall–Kier alpha value is 0.160. The lowest BCUT2D eigenvalue weighted by Gasteiger charge is -2.10. The highest BCUT2D eigenvalue weighted by molar-refractivity contribution is 14.1. The smallest absolute Gasteiger partial charge is 0.0624 e. The zero-order valence-electron chi connectivity index (χ0n) is 6.30. The summed E-state index contributed by atoms with van der Waals surface area (Å²) in [5.74, 6) is 0. The molecule has 66 valence electrons. The van der Waals surface area contributed by atoms with Crippen LogP contribution >= 0.6 is 34.2 Å². The van der Waals surface area contributed by atoms with Gasteiger partial charge in [-0.1, -0.05) is 17.7 Å². The van der Waals surface area contributed by atoms with Crippen molar-refractivity contribution in [3.63, 3.8) is 0 Å². The molecule has 1 atom stereocenters. The van der Waals surface area contributed by atoms with Crippen LogP contribution in [0.25, 0.3) is 0 Å². The Balaban J connectivity index is 3.01. The lowest BCUT2D eigenvalue weighted by Crippen LogP contribution is -2.15. The summed E-state index contributed by atoms with van der Waals surface area (Å²) in [5, 5.41) is 9.51. The molecule has 0 fully saturated rings. The number of hydrogen-bond donors (Lipinski definition) is 2. The Labute approximate surface area is 89.9 Å². The van der Waals surface area contributed by atoms with Crippen molar-refractivity contribution < 1.29 is 5.11 Å². The van der Waals surface area contributed by atoms with Gasteiger partial charge in [0.1, 0.15) is 0 Å². The van der Waals surface area contributed by atoms with Crippen molar-refractivity contribution in [1.29, 1.82) is 0 Å². The number of hydrogen-bond acceptors (Lipinski definition) is 2. The summed E-state index contributed by atoms with van der Waals surface area (Å²) in [6.07, 6.45) is 0. The van der Waals surface area contributed by atoms with E-state index >= 15 is 0 Å². The number of nitrogens with two attached hydrogens (primary N) is 1. The van der Waals surface area contributed by atoms with Crippen LogP contribution in [0.4, 0.5) is 0 Å². The lowest BCUT2D eigenvalue weighted by molar-refractivity contribution is 0.267. The topological polar surface area (TPSA) is 46.2 Å². The number of aliphatic hydroxyl groups is 1. The fourth-order valence-corrected chi connectivity index (χ4v) is 2.17. The molecule has 0 amide bonds. The highest BCUT2D eigenvalue weighted by atomic mass is 127. The molecule has 1 aromatic carbocycles. The molecule has 0 aliphatic heterocycles. The molecule has 0 radical (unpaired) electrons. The molecule has 2 nitrogen and oxygen atoms in total. The lowest BCUT2D eigenvalue weighted by atomic mass is 10.1. The van der Waals surface area contributed by atoms with Crippen molar-refractivity contribution in [3.8, 4) is 0 Å². The average Bonchev–Trinajstić information content (AvgIpc) is 2.03. The molecule has 0 unspecified atom stereocenters. The van der Waals surface area contributed by atoms with Gasteiger partial charge in [0.05, 0.1) is 12.6 Å². The molecular formula is C8H9ClINO. The van der Waals surface area contributed by atoms with Crippen molar-refractivity contribution in [2.24, 2.45) is 5.73 Å². The summed E-state index contributed by atoms with van der Waals surface area (Å²) in [5.41, 5.74) is 6.58. The molecule has 0 saturated heterocycles. The van der Waals surface area contributed by atoms with Gasteiger partial charge in [-0.3, -0.25) is 0 Å². The zero-order valence-corrected chi connectivity index (χ0v) is 9.21. The Morgan fingerprint density at radius 2 is 2.25 bits per heavy atom. The molecule has 0 aliphatic carbocycles. The molecule has 0 heterocycles. The highest BCUT2D eigenvalue weighted by Gasteiger charge is 2.07. The quantitative estimate of drug-likeness (QED) is 0.820. The molecule has 0 aliphatic rings. The van der Waals surface area contributed by atoms with E-state index in [1.165, 1.54) is 0 Å². The van der Waals surface area contributed by atoms with Crippen LogP contribution in [0.1, 0.15) is 11.6 Å². The van der Waals surface area contributed by atoms with Gasteiger partial charge in [0.15, 0.2) is 0 Å². The third kappa shape index (κ3) is 2.32. The van der Waals surface area contributed by atoms with E-state index in [2.05, 4.69) is 22.6 Å². The number of benzene rings is 1. The van der Waals surface area contributed by atoms with E-state index in [0.717, 1.165) is 9.13 Å². The molecule has 4 heteroatoms. The van der Waals surface area contributed by atoms with Gasteiger partial charge in [-0.05, 0) is 40.3 Å². The fraction of sp³-hybridized carbons (Fsp3) is 0.250. The van der Waals surface area contributed by atoms with Crippen LogP contribution in [-0.4, -0.2) is 11.7 Å². The second kappa shape index (κ2) is 4.41. The maximum atomic E-state index is 8.82. The first-order chi connectivity index (χ1) is 5.65. The molecule has 0 aromatic heterocycles. The van der Waals surface area contributed by atoms with Crippen molar-refractivity contribution in [3.05, 3.63) is 32.4 Å². The Morgan fingerprint density at radius 3 is 2.75 bits per heavy atom. The number of halogens is 2. The van der Waals surface area contributed by atoms with Crippen LogP contribution in [0.15, 0.2) is 18.2 Å².